The van der Waals surface area contributed by atoms with Crippen molar-refractivity contribution < 1.29 is 0 Å². The normalized spacial score (nSPS) is 22.1. The minimum Gasteiger partial charge on any atom is -0.328 e. The van der Waals surface area contributed by atoms with Gasteiger partial charge in [0.1, 0.15) is 5.82 Å². The van der Waals surface area contributed by atoms with Crippen LogP contribution in [0.25, 0.3) is 0 Å². The number of nitrogens with two attached hydrogens (primary N) is 1. The number of hydrogen-bond acceptors (Lipinski definition) is 3. The van der Waals surface area contributed by atoms with Crippen molar-refractivity contribution in [3.05, 3.63) is 23.3 Å². The van der Waals surface area contributed by atoms with Crippen LogP contribution in [0, 0.1) is 0 Å². The molecule has 2 fully saturated rings. The molecule has 0 spiro atoms. The first-order chi connectivity index (χ1) is 7.72. The van der Waals surface area contributed by atoms with Crippen LogP contribution in [0.1, 0.15) is 61.7 Å². The molecule has 0 bridgehead atoms. The highest BCUT2D eigenvalue weighted by Crippen LogP contribution is 2.43. The molecular formula is C13H19N3. The molecule has 2 N–H and O–H groups in total. The van der Waals surface area contributed by atoms with Gasteiger partial charge < -0.3 is 5.73 Å². The summed E-state index contributed by atoms with van der Waals surface area (Å²) in [6.45, 7) is 2.02. The van der Waals surface area contributed by atoms with Gasteiger partial charge in [-0.25, -0.2) is 9.97 Å². The average Bonchev–Trinajstić information content (AvgIpc) is 3.09. The zero-order chi connectivity index (χ0) is 11.1. The van der Waals surface area contributed by atoms with E-state index < -0.39 is 0 Å². The van der Waals surface area contributed by atoms with Gasteiger partial charge >= 0.3 is 0 Å². The molecule has 86 valence electrons. The number of nitrogens with zero attached hydrogens (tertiary/aromatic N) is 2. The molecule has 0 amide bonds. The lowest BCUT2D eigenvalue weighted by Crippen LogP contribution is -2.20. The highest BCUT2D eigenvalue weighted by atomic mass is 14.9. The highest BCUT2D eigenvalue weighted by Gasteiger charge is 2.30. The Balaban J connectivity index is 1.89. The van der Waals surface area contributed by atoms with Crippen molar-refractivity contribution in [3.63, 3.8) is 0 Å². The molecule has 1 unspecified atom stereocenters. The topological polar surface area (TPSA) is 51.8 Å². The quantitative estimate of drug-likeness (QED) is 0.840. The third kappa shape index (κ3) is 2.24. The van der Waals surface area contributed by atoms with Crippen molar-refractivity contribution in [1.82, 2.24) is 9.97 Å². The van der Waals surface area contributed by atoms with E-state index in [1.165, 1.54) is 37.1 Å². The van der Waals surface area contributed by atoms with Crippen molar-refractivity contribution in [1.29, 1.82) is 0 Å². The fourth-order valence-corrected chi connectivity index (χ4v) is 2.09. The fraction of sp³-hybridized carbons (Fsp3) is 0.692. The standard InChI is InChI=1S/C13H19N3/c1-8(14)6-13-15-11(9-2-3-9)7-12(16-13)10-4-5-10/h7-10H,2-6,14H2,1H3. The van der Waals surface area contributed by atoms with Crippen molar-refractivity contribution >= 4 is 0 Å². The van der Waals surface area contributed by atoms with Gasteiger partial charge in [0.2, 0.25) is 0 Å². The largest absolute Gasteiger partial charge is 0.328 e. The molecule has 3 rings (SSSR count). The number of aromatic nitrogens is 2. The minimum absolute atomic E-state index is 0.154. The van der Waals surface area contributed by atoms with E-state index in [-0.39, 0.29) is 6.04 Å². The van der Waals surface area contributed by atoms with Crippen LogP contribution < -0.4 is 5.73 Å². The van der Waals surface area contributed by atoms with E-state index in [9.17, 15) is 0 Å². The predicted molar refractivity (Wildman–Crippen MR) is 63.3 cm³/mol. The van der Waals surface area contributed by atoms with Gasteiger partial charge in [-0.3, -0.25) is 0 Å². The van der Waals surface area contributed by atoms with E-state index in [2.05, 4.69) is 16.0 Å². The van der Waals surface area contributed by atoms with E-state index in [0.717, 1.165) is 12.2 Å². The lowest BCUT2D eigenvalue weighted by Gasteiger charge is -2.08. The van der Waals surface area contributed by atoms with E-state index in [1.807, 2.05) is 6.92 Å². The zero-order valence-electron chi connectivity index (χ0n) is 9.82. The Morgan fingerprint density at radius 3 is 2.06 bits per heavy atom. The Hall–Kier alpha value is -0.960. The lowest BCUT2D eigenvalue weighted by molar-refractivity contribution is 0.688. The summed E-state index contributed by atoms with van der Waals surface area (Å²) in [5.41, 5.74) is 8.37. The summed E-state index contributed by atoms with van der Waals surface area (Å²) in [6.07, 6.45) is 6.02. The second-order valence-electron chi connectivity index (χ2n) is 5.36. The maximum atomic E-state index is 5.83. The molecule has 0 aliphatic heterocycles. The summed E-state index contributed by atoms with van der Waals surface area (Å²) in [5, 5.41) is 0. The van der Waals surface area contributed by atoms with Gasteiger partial charge in [-0.05, 0) is 38.7 Å². The first-order valence-electron chi connectivity index (χ1n) is 6.35. The van der Waals surface area contributed by atoms with E-state index >= 15 is 0 Å². The van der Waals surface area contributed by atoms with Gasteiger partial charge in [-0.15, -0.1) is 0 Å². The first-order valence-corrected chi connectivity index (χ1v) is 6.35. The fourth-order valence-electron chi connectivity index (χ4n) is 2.09. The predicted octanol–water partition coefficient (Wildman–Crippen LogP) is 2.12. The van der Waals surface area contributed by atoms with Crippen LogP contribution in [0.15, 0.2) is 6.07 Å². The van der Waals surface area contributed by atoms with E-state index in [0.29, 0.717) is 11.8 Å². The molecular weight excluding hydrogens is 198 g/mol. The summed E-state index contributed by atoms with van der Waals surface area (Å²) in [4.78, 5) is 9.31. The van der Waals surface area contributed by atoms with Gasteiger partial charge in [0, 0.05) is 35.7 Å². The molecule has 16 heavy (non-hydrogen) atoms. The molecule has 0 aromatic carbocycles. The van der Waals surface area contributed by atoms with Crippen LogP contribution in [0.5, 0.6) is 0 Å². The monoisotopic (exact) mass is 217 g/mol. The lowest BCUT2D eigenvalue weighted by atomic mass is 10.1. The first kappa shape index (κ1) is 10.2. The summed E-state index contributed by atoms with van der Waals surface area (Å²) >= 11 is 0. The van der Waals surface area contributed by atoms with Crippen LogP contribution in [-0.2, 0) is 6.42 Å². The van der Waals surface area contributed by atoms with Crippen molar-refractivity contribution in [2.75, 3.05) is 0 Å². The Morgan fingerprint density at radius 2 is 1.69 bits per heavy atom. The van der Waals surface area contributed by atoms with Gasteiger partial charge in [-0.2, -0.15) is 0 Å². The second-order valence-corrected chi connectivity index (χ2v) is 5.36. The smallest absolute Gasteiger partial charge is 0.130 e. The van der Waals surface area contributed by atoms with Crippen LogP contribution in [0.3, 0.4) is 0 Å². The molecule has 1 aromatic heterocycles. The number of hydrogen-bond donors (Lipinski definition) is 1. The summed E-state index contributed by atoms with van der Waals surface area (Å²) in [5.74, 6) is 2.39. The summed E-state index contributed by atoms with van der Waals surface area (Å²) in [7, 11) is 0. The van der Waals surface area contributed by atoms with Crippen LogP contribution >= 0.6 is 0 Å². The second kappa shape index (κ2) is 3.81. The Labute approximate surface area is 96.5 Å². The van der Waals surface area contributed by atoms with Crippen molar-refractivity contribution in [3.8, 4) is 0 Å². The van der Waals surface area contributed by atoms with Crippen LogP contribution in [-0.4, -0.2) is 16.0 Å². The Bertz CT molecular complexity index is 362. The molecule has 1 aromatic rings. The number of rotatable bonds is 4. The maximum Gasteiger partial charge on any atom is 0.130 e. The molecule has 0 radical (unpaired) electrons. The average molecular weight is 217 g/mol. The minimum atomic E-state index is 0.154. The maximum absolute atomic E-state index is 5.83. The summed E-state index contributed by atoms with van der Waals surface area (Å²) < 4.78 is 0. The Kier molecular flexibility index (Phi) is 2.43. The van der Waals surface area contributed by atoms with Crippen LogP contribution in [0.2, 0.25) is 0 Å². The van der Waals surface area contributed by atoms with E-state index in [1.54, 1.807) is 0 Å². The van der Waals surface area contributed by atoms with E-state index in [4.69, 9.17) is 5.73 Å². The van der Waals surface area contributed by atoms with Gasteiger partial charge in [0.15, 0.2) is 0 Å². The zero-order valence-corrected chi connectivity index (χ0v) is 9.82. The highest BCUT2D eigenvalue weighted by molar-refractivity contribution is 5.24. The molecule has 3 heteroatoms. The van der Waals surface area contributed by atoms with Gasteiger partial charge in [-0.1, -0.05) is 0 Å². The van der Waals surface area contributed by atoms with Crippen molar-refractivity contribution in [2.24, 2.45) is 5.73 Å². The van der Waals surface area contributed by atoms with Gasteiger partial charge in [0.25, 0.3) is 0 Å². The summed E-state index contributed by atoms with van der Waals surface area (Å²) in [6, 6.07) is 2.39. The van der Waals surface area contributed by atoms with Crippen molar-refractivity contribution in [2.45, 2.75) is 56.9 Å². The third-order valence-electron chi connectivity index (χ3n) is 3.31. The molecule has 2 saturated carbocycles. The molecule has 1 atom stereocenters. The molecule has 2 aliphatic carbocycles. The Morgan fingerprint density at radius 1 is 1.19 bits per heavy atom. The molecule has 1 heterocycles. The third-order valence-corrected chi connectivity index (χ3v) is 3.31. The van der Waals surface area contributed by atoms with Gasteiger partial charge in [0.05, 0.1) is 0 Å². The SMILES string of the molecule is CC(N)Cc1nc(C2CC2)cc(C2CC2)n1. The molecule has 3 nitrogen and oxygen atoms in total. The molecule has 2 aliphatic rings. The molecule has 0 saturated heterocycles. The van der Waals surface area contributed by atoms with Crippen LogP contribution in [0.4, 0.5) is 0 Å².